The summed E-state index contributed by atoms with van der Waals surface area (Å²) in [5.41, 5.74) is 3.81. The SMILES string of the molecule is O=C(Nc1sccc1C(=O)N[C@H]1CCCNC1)c1ccc2c(c1)CCC2. The number of amides is 2. The summed E-state index contributed by atoms with van der Waals surface area (Å²) in [4.78, 5) is 25.2. The van der Waals surface area contributed by atoms with Gasteiger partial charge in [-0.3, -0.25) is 9.59 Å². The Hall–Kier alpha value is -2.18. The van der Waals surface area contributed by atoms with Crippen molar-refractivity contribution in [2.75, 3.05) is 18.4 Å². The Balaban J connectivity index is 1.44. The van der Waals surface area contributed by atoms with Gasteiger partial charge in [-0.1, -0.05) is 6.07 Å². The van der Waals surface area contributed by atoms with Gasteiger partial charge in [0.05, 0.1) is 5.56 Å². The third-order valence-corrected chi connectivity index (χ3v) is 5.96. The second-order valence-electron chi connectivity index (χ2n) is 6.97. The summed E-state index contributed by atoms with van der Waals surface area (Å²) in [6, 6.07) is 7.83. The fourth-order valence-corrected chi connectivity index (χ4v) is 4.49. The Morgan fingerprint density at radius 2 is 1.96 bits per heavy atom. The molecule has 136 valence electrons. The fraction of sp³-hybridized carbons (Fsp3) is 0.400. The van der Waals surface area contributed by atoms with Crippen molar-refractivity contribution < 1.29 is 9.59 Å². The molecular weight excluding hydrogens is 346 g/mol. The van der Waals surface area contributed by atoms with Crippen molar-refractivity contribution in [2.24, 2.45) is 0 Å². The zero-order valence-electron chi connectivity index (χ0n) is 14.6. The third-order valence-electron chi connectivity index (χ3n) is 5.13. The van der Waals surface area contributed by atoms with Crippen LogP contribution in [0.4, 0.5) is 5.00 Å². The van der Waals surface area contributed by atoms with Crippen LogP contribution in [-0.4, -0.2) is 30.9 Å². The average molecular weight is 369 g/mol. The van der Waals surface area contributed by atoms with Crippen LogP contribution in [-0.2, 0) is 12.8 Å². The van der Waals surface area contributed by atoms with Gasteiger partial charge in [-0.25, -0.2) is 0 Å². The Morgan fingerprint density at radius 1 is 1.08 bits per heavy atom. The zero-order chi connectivity index (χ0) is 17.9. The molecule has 2 aliphatic rings. The Bertz CT molecular complexity index is 824. The lowest BCUT2D eigenvalue weighted by molar-refractivity contribution is 0.0932. The molecule has 26 heavy (non-hydrogen) atoms. The molecule has 6 heteroatoms. The van der Waals surface area contributed by atoms with Crippen LogP contribution in [0.25, 0.3) is 0 Å². The highest BCUT2D eigenvalue weighted by atomic mass is 32.1. The predicted molar refractivity (Wildman–Crippen MR) is 104 cm³/mol. The van der Waals surface area contributed by atoms with E-state index >= 15 is 0 Å². The molecule has 1 atom stereocenters. The first-order valence-electron chi connectivity index (χ1n) is 9.23. The number of carbonyl (C=O) groups excluding carboxylic acids is 2. The summed E-state index contributed by atoms with van der Waals surface area (Å²) in [5, 5.41) is 11.7. The average Bonchev–Trinajstić information content (AvgIpc) is 3.30. The van der Waals surface area contributed by atoms with Gasteiger partial charge in [0, 0.05) is 18.2 Å². The molecule has 2 aromatic rings. The number of nitrogens with one attached hydrogen (secondary N) is 3. The minimum absolute atomic E-state index is 0.121. The van der Waals surface area contributed by atoms with Gasteiger partial charge in [-0.2, -0.15) is 0 Å². The van der Waals surface area contributed by atoms with Gasteiger partial charge in [-0.05, 0) is 73.4 Å². The van der Waals surface area contributed by atoms with Crippen LogP contribution in [0.15, 0.2) is 29.6 Å². The van der Waals surface area contributed by atoms with Crippen LogP contribution < -0.4 is 16.0 Å². The van der Waals surface area contributed by atoms with Gasteiger partial charge >= 0.3 is 0 Å². The van der Waals surface area contributed by atoms with Crippen molar-refractivity contribution >= 4 is 28.2 Å². The van der Waals surface area contributed by atoms with E-state index in [1.165, 1.54) is 22.5 Å². The van der Waals surface area contributed by atoms with E-state index in [-0.39, 0.29) is 17.9 Å². The lowest BCUT2D eigenvalue weighted by Crippen LogP contribution is -2.45. The van der Waals surface area contributed by atoms with Crippen molar-refractivity contribution in [3.63, 3.8) is 0 Å². The van der Waals surface area contributed by atoms with E-state index in [1.807, 2.05) is 17.5 Å². The van der Waals surface area contributed by atoms with E-state index in [1.54, 1.807) is 6.07 Å². The predicted octanol–water partition coefficient (Wildman–Crippen LogP) is 2.97. The zero-order valence-corrected chi connectivity index (χ0v) is 15.5. The molecule has 0 bridgehead atoms. The molecule has 2 heterocycles. The normalized spacial score (nSPS) is 19.0. The van der Waals surface area contributed by atoms with Gasteiger partial charge in [0.15, 0.2) is 0 Å². The molecule has 1 fully saturated rings. The summed E-state index contributed by atoms with van der Waals surface area (Å²) in [7, 11) is 0. The molecule has 0 unspecified atom stereocenters. The van der Waals surface area contributed by atoms with Crippen LogP contribution in [0.3, 0.4) is 0 Å². The Kier molecular flexibility index (Phi) is 5.04. The highest BCUT2D eigenvalue weighted by Gasteiger charge is 2.21. The standard InChI is InChI=1S/C20H23N3O2S/c24-18(15-7-6-13-3-1-4-14(13)11-15)23-20-17(8-10-26-20)19(25)22-16-5-2-9-21-12-16/h6-8,10-11,16,21H,1-5,9,12H2,(H,22,25)(H,23,24)/t16-/m0/s1. The second-order valence-corrected chi connectivity index (χ2v) is 7.89. The van der Waals surface area contributed by atoms with Crippen molar-refractivity contribution in [3.05, 3.63) is 51.9 Å². The molecule has 3 N–H and O–H groups in total. The van der Waals surface area contributed by atoms with Gasteiger partial charge in [0.2, 0.25) is 0 Å². The lowest BCUT2D eigenvalue weighted by Gasteiger charge is -2.23. The number of hydrogen-bond acceptors (Lipinski definition) is 4. The maximum Gasteiger partial charge on any atom is 0.256 e. The van der Waals surface area contributed by atoms with Crippen molar-refractivity contribution in [2.45, 2.75) is 38.1 Å². The fourth-order valence-electron chi connectivity index (χ4n) is 3.71. The highest BCUT2D eigenvalue weighted by Crippen LogP contribution is 2.26. The molecule has 4 rings (SSSR count). The van der Waals surface area contributed by atoms with Crippen LogP contribution in [0, 0.1) is 0 Å². The Morgan fingerprint density at radius 3 is 2.81 bits per heavy atom. The van der Waals surface area contributed by atoms with Crippen LogP contribution in [0.1, 0.15) is 51.1 Å². The molecule has 1 aliphatic carbocycles. The first kappa shape index (κ1) is 17.2. The number of hydrogen-bond donors (Lipinski definition) is 3. The number of benzene rings is 1. The summed E-state index contributed by atoms with van der Waals surface area (Å²) in [5.74, 6) is -0.278. The van der Waals surface area contributed by atoms with Gasteiger partial charge in [0.1, 0.15) is 5.00 Å². The van der Waals surface area contributed by atoms with E-state index in [0.717, 1.165) is 45.2 Å². The van der Waals surface area contributed by atoms with E-state index < -0.39 is 0 Å². The number of anilines is 1. The smallest absolute Gasteiger partial charge is 0.256 e. The summed E-state index contributed by atoms with van der Waals surface area (Å²) in [6.45, 7) is 1.81. The van der Waals surface area contributed by atoms with Crippen molar-refractivity contribution in [1.29, 1.82) is 0 Å². The molecule has 1 saturated heterocycles. The highest BCUT2D eigenvalue weighted by molar-refractivity contribution is 7.14. The number of thiophene rings is 1. The van der Waals surface area contributed by atoms with E-state index in [2.05, 4.69) is 22.0 Å². The van der Waals surface area contributed by atoms with Gasteiger partial charge in [0.25, 0.3) is 11.8 Å². The van der Waals surface area contributed by atoms with Crippen LogP contribution >= 0.6 is 11.3 Å². The summed E-state index contributed by atoms with van der Waals surface area (Å²) < 4.78 is 0. The molecular formula is C20H23N3O2S. The van der Waals surface area contributed by atoms with Crippen LogP contribution in [0.5, 0.6) is 0 Å². The minimum atomic E-state index is -0.157. The van der Waals surface area contributed by atoms with E-state index in [4.69, 9.17) is 0 Å². The van der Waals surface area contributed by atoms with Gasteiger partial charge in [-0.15, -0.1) is 11.3 Å². The molecule has 1 aromatic carbocycles. The van der Waals surface area contributed by atoms with Crippen LogP contribution in [0.2, 0.25) is 0 Å². The number of aryl methyl sites for hydroxylation is 2. The number of piperidine rings is 1. The quantitative estimate of drug-likeness (QED) is 0.776. The number of carbonyl (C=O) groups is 2. The second kappa shape index (κ2) is 7.60. The monoisotopic (exact) mass is 369 g/mol. The number of fused-ring (bicyclic) bond motifs is 1. The molecule has 0 spiro atoms. The van der Waals surface area contributed by atoms with E-state index in [0.29, 0.717) is 16.1 Å². The summed E-state index contributed by atoms with van der Waals surface area (Å²) in [6.07, 6.45) is 5.35. The molecule has 2 amide bonds. The molecule has 1 aromatic heterocycles. The molecule has 1 aliphatic heterocycles. The minimum Gasteiger partial charge on any atom is -0.348 e. The van der Waals surface area contributed by atoms with Gasteiger partial charge < -0.3 is 16.0 Å². The lowest BCUT2D eigenvalue weighted by atomic mass is 10.1. The molecule has 0 saturated carbocycles. The summed E-state index contributed by atoms with van der Waals surface area (Å²) >= 11 is 1.38. The Labute approximate surface area is 157 Å². The van der Waals surface area contributed by atoms with Crippen molar-refractivity contribution in [3.8, 4) is 0 Å². The number of rotatable bonds is 4. The van der Waals surface area contributed by atoms with Crippen molar-refractivity contribution in [1.82, 2.24) is 10.6 Å². The maximum absolute atomic E-state index is 12.6. The molecule has 5 nitrogen and oxygen atoms in total. The largest absolute Gasteiger partial charge is 0.348 e. The van der Waals surface area contributed by atoms with E-state index in [9.17, 15) is 9.59 Å². The maximum atomic E-state index is 12.6. The topological polar surface area (TPSA) is 70.2 Å². The first-order chi connectivity index (χ1) is 12.7. The molecule has 0 radical (unpaired) electrons. The first-order valence-corrected chi connectivity index (χ1v) is 10.1. The third kappa shape index (κ3) is 3.66.